The molecule has 0 aromatic carbocycles. The van der Waals surface area contributed by atoms with Crippen molar-refractivity contribution in [1.29, 1.82) is 0 Å². The maximum Gasteiger partial charge on any atom is 0.101 e. The fraction of sp³-hybridized carbons (Fsp3) is 0.667. The first-order valence-corrected chi connectivity index (χ1v) is 1.45. The van der Waals surface area contributed by atoms with Crippen LogP contribution in [0, 0.1) is 0 Å². The molecule has 0 saturated carbocycles. The summed E-state index contributed by atoms with van der Waals surface area (Å²) in [6, 6.07) is 0. The van der Waals surface area contributed by atoms with E-state index in [4.69, 9.17) is 5.21 Å². The van der Waals surface area contributed by atoms with Gasteiger partial charge in [0.25, 0.3) is 0 Å². The highest BCUT2D eigenvalue weighted by molar-refractivity contribution is 5.78. The second-order valence-corrected chi connectivity index (χ2v) is 1.06. The molecule has 30 valence electrons. The van der Waals surface area contributed by atoms with Gasteiger partial charge in [-0.25, -0.2) is 0 Å². The van der Waals surface area contributed by atoms with E-state index in [2.05, 4.69) is 5.16 Å². The third-order valence-electron chi connectivity index (χ3n) is 0.224. The van der Waals surface area contributed by atoms with Crippen molar-refractivity contribution in [3.63, 3.8) is 0 Å². The van der Waals surface area contributed by atoms with E-state index in [0.717, 1.165) is 5.71 Å². The van der Waals surface area contributed by atoms with Gasteiger partial charge in [0.05, 0.1) is 0 Å². The van der Waals surface area contributed by atoms with Crippen LogP contribution in [0.2, 0.25) is 0 Å². The summed E-state index contributed by atoms with van der Waals surface area (Å²) < 4.78 is 0. The third-order valence-corrected chi connectivity index (χ3v) is 0.224. The van der Waals surface area contributed by atoms with Crippen LogP contribution >= 0.6 is 0 Å². The molecule has 0 aliphatic heterocycles. The van der Waals surface area contributed by atoms with Gasteiger partial charge in [-0.2, -0.15) is 0 Å². The minimum Gasteiger partial charge on any atom is -0.469 e. The minimum absolute atomic E-state index is 0.796. The number of nitrogens with zero attached hydrogens (tertiary/aromatic N) is 1. The zero-order valence-electron chi connectivity index (χ0n) is 3.45. The fourth-order valence-corrected chi connectivity index (χ4v) is 0. The molecule has 2 nitrogen and oxygen atoms in total. The largest absolute Gasteiger partial charge is 0.469 e. The summed E-state index contributed by atoms with van der Waals surface area (Å²) >= 11 is 0. The highest BCUT2D eigenvalue weighted by Gasteiger charge is 1.69. The van der Waals surface area contributed by atoms with Gasteiger partial charge in [-0.1, -0.05) is 0 Å². The highest BCUT2D eigenvalue weighted by atomic mass is 16.4. The van der Waals surface area contributed by atoms with E-state index in [-0.39, 0.29) is 0 Å². The molecule has 0 aliphatic carbocycles. The molecule has 0 unspecified atom stereocenters. The molecular weight excluding hydrogens is 66.0 g/mol. The van der Waals surface area contributed by atoms with E-state index in [1.54, 1.807) is 13.8 Å². The Kier molecular flexibility index (Phi) is 1.57. The Morgan fingerprint density at radius 2 is 1.80 bits per heavy atom. The smallest absolute Gasteiger partial charge is 0.101 e. The predicted molar refractivity (Wildman–Crippen MR) is 22.4 cm³/mol. The highest BCUT2D eigenvalue weighted by Crippen LogP contribution is 1.62. The van der Waals surface area contributed by atoms with E-state index >= 15 is 0 Å². The molecule has 0 aliphatic rings. The molecule has 0 aromatic heterocycles. The van der Waals surface area contributed by atoms with Gasteiger partial charge in [0.2, 0.25) is 0 Å². The Hall–Kier alpha value is -0.530. The molecule has 0 radical (unpaired) electrons. The first kappa shape index (κ1) is 4.47. The molecule has 0 amide bonds. The second kappa shape index (κ2) is 1.76. The third kappa shape index (κ3) is 3.47. The molecule has 0 saturated heterocycles. The van der Waals surface area contributed by atoms with Gasteiger partial charge < -0.3 is 5.21 Å². The van der Waals surface area contributed by atoms with E-state index in [1.807, 2.05) is 0 Å². The topological polar surface area (TPSA) is 35.3 Å². The Bertz CT molecular complexity index is 44.9. The lowest BCUT2D eigenvalue weighted by Gasteiger charge is -1.67. The summed E-state index contributed by atoms with van der Waals surface area (Å²) in [6.45, 7) is 3.57. The van der Waals surface area contributed by atoms with Crippen LogP contribution in [-0.4, -0.2) is 10.9 Å². The zero-order chi connectivity index (χ0) is 4.28. The Morgan fingerprint density at radius 3 is 1.80 bits per heavy atom. The SMILES string of the molecule is CC(C)=N[OH2+]. The van der Waals surface area contributed by atoms with E-state index in [1.165, 1.54) is 0 Å². The summed E-state index contributed by atoms with van der Waals surface area (Å²) in [6.07, 6.45) is 0. The molecule has 0 rings (SSSR count). The van der Waals surface area contributed by atoms with Crippen LogP contribution in [0.15, 0.2) is 5.16 Å². The Balaban J connectivity index is 3.14. The zero-order valence-corrected chi connectivity index (χ0v) is 3.45. The first-order valence-electron chi connectivity index (χ1n) is 1.45. The molecule has 0 bridgehead atoms. The lowest BCUT2D eigenvalue weighted by molar-refractivity contribution is 0.318. The van der Waals surface area contributed by atoms with Crippen molar-refractivity contribution in [2.75, 3.05) is 0 Å². The summed E-state index contributed by atoms with van der Waals surface area (Å²) in [4.78, 5) is 0. The average Bonchev–Trinajstić information content (AvgIpc) is 1.38. The van der Waals surface area contributed by atoms with Gasteiger partial charge in [-0.3, -0.25) is 0 Å². The van der Waals surface area contributed by atoms with Crippen LogP contribution in [0.4, 0.5) is 0 Å². The van der Waals surface area contributed by atoms with Crippen molar-refractivity contribution < 1.29 is 5.21 Å². The maximum absolute atomic E-state index is 6.25. The van der Waals surface area contributed by atoms with Crippen molar-refractivity contribution in [3.8, 4) is 0 Å². The van der Waals surface area contributed by atoms with Gasteiger partial charge in [-0.15, -0.1) is 0 Å². The summed E-state index contributed by atoms with van der Waals surface area (Å²) in [7, 11) is 0. The molecule has 5 heavy (non-hydrogen) atoms. The van der Waals surface area contributed by atoms with Crippen molar-refractivity contribution in [3.05, 3.63) is 0 Å². The molecule has 0 spiro atoms. The number of hydrogen-bond acceptors (Lipinski definition) is 1. The van der Waals surface area contributed by atoms with Gasteiger partial charge >= 0.3 is 0 Å². The predicted octanol–water partition coefficient (Wildman–Crippen LogP) is 0.107. The molecule has 0 heterocycles. The molecule has 0 atom stereocenters. The van der Waals surface area contributed by atoms with Crippen molar-refractivity contribution in [2.24, 2.45) is 5.16 Å². The molecule has 0 aromatic rings. The molecule has 2 N–H and O–H groups in total. The van der Waals surface area contributed by atoms with Crippen molar-refractivity contribution in [1.82, 2.24) is 0 Å². The van der Waals surface area contributed by atoms with E-state index < -0.39 is 0 Å². The van der Waals surface area contributed by atoms with Gasteiger partial charge in [0.1, 0.15) is 5.71 Å². The van der Waals surface area contributed by atoms with Crippen LogP contribution in [0.25, 0.3) is 0 Å². The van der Waals surface area contributed by atoms with Crippen molar-refractivity contribution >= 4 is 5.71 Å². The summed E-state index contributed by atoms with van der Waals surface area (Å²) in [5.41, 5.74) is 0.796. The Morgan fingerprint density at radius 1 is 1.60 bits per heavy atom. The van der Waals surface area contributed by atoms with Crippen LogP contribution in [0.3, 0.4) is 0 Å². The van der Waals surface area contributed by atoms with Crippen LogP contribution in [0.5, 0.6) is 0 Å². The monoisotopic (exact) mass is 74.1 g/mol. The van der Waals surface area contributed by atoms with Gasteiger partial charge in [-0.05, 0) is 13.8 Å². The normalized spacial score (nSPS) is 6.80. The van der Waals surface area contributed by atoms with E-state index in [9.17, 15) is 0 Å². The fourth-order valence-electron chi connectivity index (χ4n) is 0. The first-order chi connectivity index (χ1) is 2.27. The molecular formula is C3H8NO+. The number of hydrogen-bond donors (Lipinski definition) is 0. The second-order valence-electron chi connectivity index (χ2n) is 1.06. The van der Waals surface area contributed by atoms with Gasteiger partial charge in [0.15, 0.2) is 0 Å². The Labute approximate surface area is 31.1 Å². The van der Waals surface area contributed by atoms with Gasteiger partial charge in [0, 0.05) is 5.16 Å². The lowest BCUT2D eigenvalue weighted by atomic mass is 10.5. The van der Waals surface area contributed by atoms with Crippen LogP contribution in [-0.2, 0) is 0 Å². The average molecular weight is 74.1 g/mol. The summed E-state index contributed by atoms with van der Waals surface area (Å²) in [5.74, 6) is 0. The standard InChI is InChI=1S/C3H7NO/c1-3(2)4-5/h5H,1-2H3/p+1. The lowest BCUT2D eigenvalue weighted by Crippen LogP contribution is -1.74. The quantitative estimate of drug-likeness (QED) is 0.222. The van der Waals surface area contributed by atoms with Crippen LogP contribution < -0.4 is 0 Å². The molecule has 0 fully saturated rings. The van der Waals surface area contributed by atoms with Crippen LogP contribution in [0.1, 0.15) is 13.8 Å². The minimum atomic E-state index is 0.796. The summed E-state index contributed by atoms with van der Waals surface area (Å²) in [5, 5.41) is 9.30. The van der Waals surface area contributed by atoms with E-state index in [0.29, 0.717) is 0 Å². The molecule has 2 heteroatoms. The number of rotatable bonds is 0. The maximum atomic E-state index is 6.25. The van der Waals surface area contributed by atoms with Crippen molar-refractivity contribution in [2.45, 2.75) is 13.8 Å².